The second-order valence-electron chi connectivity index (χ2n) is 4.79. The molecule has 0 spiro atoms. The van der Waals surface area contributed by atoms with E-state index in [0.29, 0.717) is 12.0 Å². The molecule has 15 heavy (non-hydrogen) atoms. The van der Waals surface area contributed by atoms with Crippen molar-refractivity contribution in [3.63, 3.8) is 0 Å². The molecule has 1 atom stereocenters. The maximum atomic E-state index is 4.51. The van der Waals surface area contributed by atoms with Crippen LogP contribution in [0.1, 0.15) is 38.3 Å². The molecule has 1 unspecified atom stereocenters. The highest BCUT2D eigenvalue weighted by atomic mass is 15.2. The Labute approximate surface area is 90.9 Å². The Morgan fingerprint density at radius 2 is 2.33 bits per heavy atom. The fourth-order valence-electron chi connectivity index (χ4n) is 2.06. The highest BCUT2D eigenvalue weighted by Crippen LogP contribution is 2.10. The first kappa shape index (κ1) is 10.6. The summed E-state index contributed by atoms with van der Waals surface area (Å²) in [4.78, 5) is 4.51. The molecule has 0 saturated carbocycles. The van der Waals surface area contributed by atoms with Gasteiger partial charge in [0.05, 0.1) is 0 Å². The molecule has 84 valence electrons. The van der Waals surface area contributed by atoms with Gasteiger partial charge in [-0.3, -0.25) is 5.10 Å². The van der Waals surface area contributed by atoms with E-state index in [1.54, 1.807) is 0 Å². The van der Waals surface area contributed by atoms with Crippen LogP contribution in [0.15, 0.2) is 0 Å². The second-order valence-corrected chi connectivity index (χ2v) is 4.79. The van der Waals surface area contributed by atoms with E-state index in [2.05, 4.69) is 34.3 Å². The molecule has 1 saturated heterocycles. The Balaban J connectivity index is 1.88. The van der Waals surface area contributed by atoms with Crippen LogP contribution in [0.2, 0.25) is 0 Å². The van der Waals surface area contributed by atoms with E-state index in [1.165, 1.54) is 12.8 Å². The second kappa shape index (κ2) is 4.75. The number of nitrogens with zero attached hydrogens (tertiary/aromatic N) is 2. The third-order valence-electron chi connectivity index (χ3n) is 2.77. The fourth-order valence-corrected chi connectivity index (χ4v) is 2.06. The summed E-state index contributed by atoms with van der Waals surface area (Å²) in [6, 6.07) is 0.590. The van der Waals surface area contributed by atoms with Gasteiger partial charge in [0.15, 0.2) is 5.82 Å². The zero-order valence-electron chi connectivity index (χ0n) is 9.58. The number of nitrogens with one attached hydrogen (secondary N) is 2. The summed E-state index contributed by atoms with van der Waals surface area (Å²) in [7, 11) is 0. The Hall–Kier alpha value is -0.900. The number of aromatic nitrogens is 3. The van der Waals surface area contributed by atoms with E-state index in [4.69, 9.17) is 0 Å². The van der Waals surface area contributed by atoms with Crippen molar-refractivity contribution in [3.8, 4) is 0 Å². The molecule has 0 amide bonds. The lowest BCUT2D eigenvalue weighted by Gasteiger charge is -2.05. The van der Waals surface area contributed by atoms with E-state index < -0.39 is 0 Å². The van der Waals surface area contributed by atoms with Crippen LogP contribution in [0, 0.1) is 5.92 Å². The van der Waals surface area contributed by atoms with Gasteiger partial charge in [-0.05, 0) is 25.3 Å². The molecule has 4 heteroatoms. The van der Waals surface area contributed by atoms with Gasteiger partial charge in [-0.25, -0.2) is 4.98 Å². The molecule has 2 rings (SSSR count). The van der Waals surface area contributed by atoms with Gasteiger partial charge in [-0.15, -0.1) is 0 Å². The first-order valence-corrected chi connectivity index (χ1v) is 5.87. The van der Waals surface area contributed by atoms with E-state index in [9.17, 15) is 0 Å². The van der Waals surface area contributed by atoms with Crippen molar-refractivity contribution in [1.82, 2.24) is 20.5 Å². The predicted octanol–water partition coefficient (Wildman–Crippen LogP) is 1.30. The Morgan fingerprint density at radius 1 is 1.47 bits per heavy atom. The summed E-state index contributed by atoms with van der Waals surface area (Å²) < 4.78 is 0. The normalized spacial score (nSPS) is 21.4. The Kier molecular flexibility index (Phi) is 3.36. The van der Waals surface area contributed by atoms with Gasteiger partial charge in [0.1, 0.15) is 5.82 Å². The molecule has 0 bridgehead atoms. The van der Waals surface area contributed by atoms with Crippen molar-refractivity contribution < 1.29 is 0 Å². The lowest BCUT2D eigenvalue weighted by atomic mass is 10.1. The zero-order valence-corrected chi connectivity index (χ0v) is 9.58. The minimum atomic E-state index is 0.590. The smallest absolute Gasteiger partial charge is 0.152 e. The highest BCUT2D eigenvalue weighted by molar-refractivity contribution is 4.95. The van der Waals surface area contributed by atoms with Gasteiger partial charge in [-0.2, -0.15) is 5.10 Å². The van der Waals surface area contributed by atoms with Crippen LogP contribution in [0.5, 0.6) is 0 Å². The molecule has 1 aliphatic heterocycles. The van der Waals surface area contributed by atoms with Gasteiger partial charge in [0.2, 0.25) is 0 Å². The minimum Gasteiger partial charge on any atom is -0.314 e. The quantitative estimate of drug-likeness (QED) is 0.784. The minimum absolute atomic E-state index is 0.590. The van der Waals surface area contributed by atoms with Crippen LogP contribution >= 0.6 is 0 Å². The van der Waals surface area contributed by atoms with Crippen LogP contribution in [0.3, 0.4) is 0 Å². The van der Waals surface area contributed by atoms with Crippen molar-refractivity contribution in [2.75, 3.05) is 6.54 Å². The van der Waals surface area contributed by atoms with Gasteiger partial charge < -0.3 is 5.32 Å². The Bertz CT molecular complexity index is 299. The summed E-state index contributed by atoms with van der Waals surface area (Å²) >= 11 is 0. The first-order valence-electron chi connectivity index (χ1n) is 5.87. The maximum absolute atomic E-state index is 4.51. The summed E-state index contributed by atoms with van der Waals surface area (Å²) in [5.41, 5.74) is 0. The van der Waals surface area contributed by atoms with Gasteiger partial charge in [0, 0.05) is 18.9 Å². The van der Waals surface area contributed by atoms with Crippen LogP contribution in [0.4, 0.5) is 0 Å². The van der Waals surface area contributed by atoms with E-state index in [1.807, 2.05) is 0 Å². The summed E-state index contributed by atoms with van der Waals surface area (Å²) in [5.74, 6) is 2.62. The topological polar surface area (TPSA) is 53.6 Å². The molecule has 0 aliphatic carbocycles. The summed E-state index contributed by atoms with van der Waals surface area (Å²) in [6.07, 6.45) is 4.50. The van der Waals surface area contributed by atoms with Gasteiger partial charge in [-0.1, -0.05) is 13.8 Å². The molecule has 4 nitrogen and oxygen atoms in total. The molecule has 1 aromatic rings. The van der Waals surface area contributed by atoms with Crippen molar-refractivity contribution in [2.45, 2.75) is 45.6 Å². The largest absolute Gasteiger partial charge is 0.314 e. The summed E-state index contributed by atoms with van der Waals surface area (Å²) in [5, 5.41) is 10.7. The monoisotopic (exact) mass is 208 g/mol. The molecular weight excluding hydrogens is 188 g/mol. The molecule has 0 aromatic carbocycles. The molecule has 1 aliphatic rings. The number of hydrogen-bond donors (Lipinski definition) is 2. The average Bonchev–Trinajstić information content (AvgIpc) is 2.77. The fraction of sp³-hybridized carbons (Fsp3) is 0.818. The molecule has 0 radical (unpaired) electrons. The lowest BCUT2D eigenvalue weighted by Crippen LogP contribution is -2.24. The number of aromatic amines is 1. The maximum Gasteiger partial charge on any atom is 0.152 e. The lowest BCUT2D eigenvalue weighted by molar-refractivity contribution is 0.585. The predicted molar refractivity (Wildman–Crippen MR) is 59.7 cm³/mol. The van der Waals surface area contributed by atoms with Crippen molar-refractivity contribution in [3.05, 3.63) is 11.6 Å². The van der Waals surface area contributed by atoms with E-state index in [0.717, 1.165) is 31.0 Å². The van der Waals surface area contributed by atoms with Gasteiger partial charge in [0.25, 0.3) is 0 Å². The average molecular weight is 208 g/mol. The SMILES string of the molecule is CC(C)Cc1nc(CC2CCCN2)n[nH]1. The molecule has 2 N–H and O–H groups in total. The number of rotatable bonds is 4. The standard InChI is InChI=1S/C11H20N4/c1-8(2)6-10-13-11(15-14-10)7-9-4-3-5-12-9/h8-9,12H,3-7H2,1-2H3,(H,13,14,15). The Morgan fingerprint density at radius 3 is 3.00 bits per heavy atom. The van der Waals surface area contributed by atoms with E-state index in [-0.39, 0.29) is 0 Å². The third-order valence-corrected chi connectivity index (χ3v) is 2.77. The van der Waals surface area contributed by atoms with Crippen molar-refractivity contribution >= 4 is 0 Å². The molecular formula is C11H20N4. The molecule has 1 fully saturated rings. The van der Waals surface area contributed by atoms with Crippen LogP contribution in [-0.2, 0) is 12.8 Å². The molecule has 2 heterocycles. The van der Waals surface area contributed by atoms with Crippen molar-refractivity contribution in [2.24, 2.45) is 5.92 Å². The van der Waals surface area contributed by atoms with Crippen LogP contribution in [-0.4, -0.2) is 27.8 Å². The zero-order chi connectivity index (χ0) is 10.7. The van der Waals surface area contributed by atoms with Crippen LogP contribution < -0.4 is 5.32 Å². The van der Waals surface area contributed by atoms with Crippen LogP contribution in [0.25, 0.3) is 0 Å². The first-order chi connectivity index (χ1) is 7.24. The third kappa shape index (κ3) is 3.02. The number of H-pyrrole nitrogens is 1. The summed E-state index contributed by atoms with van der Waals surface area (Å²) in [6.45, 7) is 5.54. The van der Waals surface area contributed by atoms with E-state index >= 15 is 0 Å². The van der Waals surface area contributed by atoms with Gasteiger partial charge >= 0.3 is 0 Å². The number of hydrogen-bond acceptors (Lipinski definition) is 3. The highest BCUT2D eigenvalue weighted by Gasteiger charge is 2.16. The van der Waals surface area contributed by atoms with Crippen molar-refractivity contribution in [1.29, 1.82) is 0 Å². The molecule has 1 aromatic heterocycles.